The van der Waals surface area contributed by atoms with Crippen LogP contribution in [-0.4, -0.2) is 25.2 Å². The van der Waals surface area contributed by atoms with Crippen LogP contribution in [-0.2, 0) is 0 Å². The molecule has 0 aromatic heterocycles. The Balaban J connectivity index is 2.81. The van der Waals surface area contributed by atoms with Gasteiger partial charge < -0.3 is 10.1 Å². The highest BCUT2D eigenvalue weighted by Crippen LogP contribution is 2.14. The summed E-state index contributed by atoms with van der Waals surface area (Å²) in [5, 5.41) is 4.11. The van der Waals surface area contributed by atoms with E-state index in [9.17, 15) is 4.79 Å². The molecule has 0 unspecified atom stereocenters. The lowest BCUT2D eigenvalue weighted by Gasteiger charge is -2.11. The Morgan fingerprint density at radius 1 is 1.33 bits per heavy atom. The van der Waals surface area contributed by atoms with Crippen LogP contribution < -0.4 is 10.1 Å². The van der Waals surface area contributed by atoms with Gasteiger partial charge in [-0.05, 0) is 44.4 Å². The third-order valence-corrected chi connectivity index (χ3v) is 2.96. The Hall–Kier alpha value is -1.42. The summed E-state index contributed by atoms with van der Waals surface area (Å²) < 4.78 is 5.06. The van der Waals surface area contributed by atoms with Crippen molar-refractivity contribution in [3.8, 4) is 5.75 Å². The smallest absolute Gasteiger partial charge is 0.188 e. The number of ether oxygens (including phenoxy) is 1. The largest absolute Gasteiger partial charge is 0.497 e. The van der Waals surface area contributed by atoms with Gasteiger partial charge in [0.1, 0.15) is 5.75 Å². The van der Waals surface area contributed by atoms with E-state index in [0.717, 1.165) is 10.8 Å². The Morgan fingerprint density at radius 2 is 1.94 bits per heavy atom. The second kappa shape index (κ2) is 7.11. The molecule has 0 atom stereocenters. The van der Waals surface area contributed by atoms with Crippen LogP contribution in [0, 0.1) is 0 Å². The summed E-state index contributed by atoms with van der Waals surface area (Å²) in [5.74, 6) is 0.746. The van der Waals surface area contributed by atoms with Gasteiger partial charge in [-0.1, -0.05) is 0 Å². The maximum atomic E-state index is 12.0. The van der Waals surface area contributed by atoms with Crippen LogP contribution in [0.3, 0.4) is 0 Å². The van der Waals surface area contributed by atoms with Gasteiger partial charge in [0.15, 0.2) is 5.78 Å². The summed E-state index contributed by atoms with van der Waals surface area (Å²) in [6.45, 7) is 4.09. The van der Waals surface area contributed by atoms with Gasteiger partial charge in [-0.2, -0.15) is 0 Å². The van der Waals surface area contributed by atoms with Crippen LogP contribution in [0.4, 0.5) is 0 Å². The van der Waals surface area contributed by atoms with Crippen molar-refractivity contribution in [1.82, 2.24) is 5.32 Å². The van der Waals surface area contributed by atoms with Gasteiger partial charge >= 0.3 is 0 Å². The van der Waals surface area contributed by atoms with Crippen LogP contribution in [0.25, 0.3) is 0 Å². The Bertz CT molecular complexity index is 424. The van der Waals surface area contributed by atoms with Crippen LogP contribution in [0.1, 0.15) is 24.2 Å². The molecule has 1 N–H and O–H groups in total. The van der Waals surface area contributed by atoms with E-state index in [1.807, 2.05) is 20.1 Å². The fourth-order valence-corrected chi connectivity index (χ4v) is 1.98. The molecule has 4 heteroatoms. The second-order valence-electron chi connectivity index (χ2n) is 4.10. The number of methoxy groups -OCH3 is 1. The predicted octanol–water partition coefficient (Wildman–Crippen LogP) is 3.08. The molecule has 1 aromatic rings. The number of hydrogen-bond acceptors (Lipinski definition) is 4. The fourth-order valence-electron chi connectivity index (χ4n) is 1.40. The van der Waals surface area contributed by atoms with Gasteiger partial charge in [-0.3, -0.25) is 4.79 Å². The molecule has 98 valence electrons. The lowest BCUT2D eigenvalue weighted by atomic mass is 10.1. The normalized spacial score (nSPS) is 11.5. The minimum absolute atomic E-state index is 0.00449. The number of ketones is 1. The molecule has 0 saturated heterocycles. The molecule has 0 fully saturated rings. The number of nitrogens with one attached hydrogen (secondary N) is 1. The monoisotopic (exact) mass is 265 g/mol. The summed E-state index contributed by atoms with van der Waals surface area (Å²) in [4.78, 5) is 12.0. The Morgan fingerprint density at radius 3 is 2.39 bits per heavy atom. The molecule has 0 aliphatic carbocycles. The second-order valence-corrected chi connectivity index (χ2v) is 4.95. The summed E-state index contributed by atoms with van der Waals surface area (Å²) in [7, 11) is 1.61. The number of hydrogen-bond donors (Lipinski definition) is 1. The molecule has 1 aromatic carbocycles. The van der Waals surface area contributed by atoms with Gasteiger partial charge in [-0.15, -0.1) is 11.8 Å². The third kappa shape index (κ3) is 4.45. The molecule has 0 heterocycles. The van der Waals surface area contributed by atoms with Gasteiger partial charge in [0.25, 0.3) is 0 Å². The van der Waals surface area contributed by atoms with E-state index in [2.05, 4.69) is 5.32 Å². The minimum atomic E-state index is -0.00449. The Labute approximate surface area is 113 Å². The first kappa shape index (κ1) is 14.6. The van der Waals surface area contributed by atoms with Gasteiger partial charge in [0.05, 0.1) is 12.1 Å². The van der Waals surface area contributed by atoms with Crippen LogP contribution >= 0.6 is 11.8 Å². The van der Waals surface area contributed by atoms with E-state index >= 15 is 0 Å². The number of thioether (sulfide) groups is 1. The molecule has 3 nitrogen and oxygen atoms in total. The highest BCUT2D eigenvalue weighted by atomic mass is 32.2. The maximum Gasteiger partial charge on any atom is 0.188 e. The van der Waals surface area contributed by atoms with Crippen molar-refractivity contribution in [2.45, 2.75) is 19.9 Å². The van der Waals surface area contributed by atoms with Crippen LogP contribution in [0.2, 0.25) is 0 Å². The number of carbonyl (C=O) groups excluding carboxylic acids is 1. The lowest BCUT2D eigenvalue weighted by molar-refractivity contribution is 0.104. The van der Waals surface area contributed by atoms with Crippen molar-refractivity contribution < 1.29 is 9.53 Å². The van der Waals surface area contributed by atoms with Crippen molar-refractivity contribution >= 4 is 17.5 Å². The predicted molar refractivity (Wildman–Crippen MR) is 77.2 cm³/mol. The molecule has 1 rings (SSSR count). The molecular weight excluding hydrogens is 246 g/mol. The van der Waals surface area contributed by atoms with Crippen molar-refractivity contribution in [2.75, 3.05) is 13.4 Å². The van der Waals surface area contributed by atoms with Crippen LogP contribution in [0.5, 0.6) is 5.75 Å². The fraction of sp³-hybridized carbons (Fsp3) is 0.357. The summed E-state index contributed by atoms with van der Waals surface area (Å²) in [6, 6.07) is 7.42. The number of allylic oxidation sites excluding steroid dienone is 1. The number of carbonyl (C=O) groups is 1. The minimum Gasteiger partial charge on any atom is -0.497 e. The molecular formula is C14H19NO2S. The average molecular weight is 265 g/mol. The Kier molecular flexibility index (Phi) is 5.78. The van der Waals surface area contributed by atoms with Gasteiger partial charge in [0.2, 0.25) is 0 Å². The molecule has 0 aliphatic rings. The van der Waals surface area contributed by atoms with Crippen LogP contribution in [0.15, 0.2) is 35.4 Å². The quantitative estimate of drug-likeness (QED) is 0.633. The molecule has 0 aliphatic heterocycles. The van der Waals surface area contributed by atoms with E-state index < -0.39 is 0 Å². The SMILES string of the molecule is COc1ccc(C(=O)/C=C(/NC(C)C)SC)cc1. The molecule has 0 saturated carbocycles. The first-order valence-electron chi connectivity index (χ1n) is 5.77. The molecule has 0 amide bonds. The summed E-state index contributed by atoms with van der Waals surface area (Å²) >= 11 is 1.53. The summed E-state index contributed by atoms with van der Waals surface area (Å²) in [5.41, 5.74) is 0.660. The van der Waals surface area contributed by atoms with E-state index in [4.69, 9.17) is 4.74 Å². The standard InChI is InChI=1S/C14H19NO2S/c1-10(2)15-14(18-4)9-13(16)11-5-7-12(17-3)8-6-11/h5-10,15H,1-4H3/b14-9-. The van der Waals surface area contributed by atoms with Crippen molar-refractivity contribution in [3.05, 3.63) is 40.9 Å². The van der Waals surface area contributed by atoms with Gasteiger partial charge in [-0.25, -0.2) is 0 Å². The highest BCUT2D eigenvalue weighted by Gasteiger charge is 2.06. The zero-order chi connectivity index (χ0) is 13.5. The maximum absolute atomic E-state index is 12.0. The number of benzene rings is 1. The van der Waals surface area contributed by atoms with Crippen molar-refractivity contribution in [1.29, 1.82) is 0 Å². The lowest BCUT2D eigenvalue weighted by Crippen LogP contribution is -2.21. The van der Waals surface area contributed by atoms with E-state index in [0.29, 0.717) is 11.6 Å². The molecule has 18 heavy (non-hydrogen) atoms. The van der Waals surface area contributed by atoms with E-state index in [1.165, 1.54) is 11.8 Å². The first-order valence-corrected chi connectivity index (χ1v) is 7.00. The average Bonchev–Trinajstić information content (AvgIpc) is 2.37. The molecule has 0 spiro atoms. The number of rotatable bonds is 6. The van der Waals surface area contributed by atoms with E-state index in [1.54, 1.807) is 37.5 Å². The highest BCUT2D eigenvalue weighted by molar-refractivity contribution is 8.02. The summed E-state index contributed by atoms with van der Waals surface area (Å²) in [6.07, 6.45) is 3.58. The topological polar surface area (TPSA) is 38.3 Å². The molecule has 0 bridgehead atoms. The van der Waals surface area contributed by atoms with Crippen molar-refractivity contribution in [3.63, 3.8) is 0 Å². The van der Waals surface area contributed by atoms with E-state index in [-0.39, 0.29) is 5.78 Å². The van der Waals surface area contributed by atoms with Gasteiger partial charge in [0, 0.05) is 17.7 Å². The third-order valence-electron chi connectivity index (χ3n) is 2.29. The zero-order valence-corrected chi connectivity index (χ0v) is 12.0. The first-order chi connectivity index (χ1) is 8.56. The van der Waals surface area contributed by atoms with Crippen molar-refractivity contribution in [2.24, 2.45) is 0 Å². The zero-order valence-electron chi connectivity index (χ0n) is 11.2. The molecule has 0 radical (unpaired) electrons.